The van der Waals surface area contributed by atoms with Gasteiger partial charge >= 0.3 is 0 Å². The van der Waals surface area contributed by atoms with E-state index in [0.29, 0.717) is 107 Å². The van der Waals surface area contributed by atoms with E-state index in [1.165, 1.54) is 107 Å². The maximum Gasteiger partial charge on any atom is 0.273 e. The molecule has 0 spiro atoms. The third-order valence-corrected chi connectivity index (χ3v) is 20.9. The van der Waals surface area contributed by atoms with Crippen molar-refractivity contribution in [1.82, 2.24) is 0 Å². The molecule has 0 atom stereocenters. The van der Waals surface area contributed by atoms with E-state index in [1.807, 2.05) is 67.3 Å². The molecule has 17 rings (SSSR count). The zero-order valence-corrected chi connectivity index (χ0v) is 46.4. The number of ether oxygens (including phenoxy) is 4. The monoisotopic (exact) mass is 1160 g/mol. The summed E-state index contributed by atoms with van der Waals surface area (Å²) in [6.07, 6.45) is 5.78. The molecule has 6 aliphatic rings. The van der Waals surface area contributed by atoms with Crippen molar-refractivity contribution >= 4 is 180 Å². The van der Waals surface area contributed by atoms with Crippen LogP contribution in [0.15, 0.2) is 148 Å². The fraction of sp³-hybridized carbons (Fsp3) is 0.0492. The quantitative estimate of drug-likeness (QED) is 0.0952. The lowest BCUT2D eigenvalue weighted by Gasteiger charge is -2.44. The summed E-state index contributed by atoms with van der Waals surface area (Å²) in [5.74, 6) is -0.0600. The highest BCUT2D eigenvalue weighted by molar-refractivity contribution is 7.99. The molecule has 6 nitrogen and oxygen atoms in total. The zero-order chi connectivity index (χ0) is 54.6. The molecule has 11 aromatic rings. The average molecular weight is 1160 g/mol. The number of halogens is 6. The van der Waals surface area contributed by atoms with Crippen molar-refractivity contribution in [2.45, 2.75) is 14.7 Å². The first-order chi connectivity index (χ1) is 39.4. The average Bonchev–Trinajstić information content (AvgIpc) is 2.51. The molecular weight excluding hydrogens is 1130 g/mol. The fourth-order valence-corrected chi connectivity index (χ4v) is 16.9. The van der Waals surface area contributed by atoms with Crippen LogP contribution in [-0.4, -0.2) is 38.9 Å². The summed E-state index contributed by atoms with van der Waals surface area (Å²) in [6, 6.07) is 36.2. The lowest BCUT2D eigenvalue weighted by molar-refractivity contribution is 0.456. The molecule has 0 aliphatic carbocycles. The van der Waals surface area contributed by atoms with Crippen molar-refractivity contribution in [2.24, 2.45) is 0 Å². The van der Waals surface area contributed by atoms with Gasteiger partial charge in [0.2, 0.25) is 0 Å². The van der Waals surface area contributed by atoms with E-state index in [-0.39, 0.29) is 17.2 Å². The van der Waals surface area contributed by atoms with Gasteiger partial charge in [0.05, 0.1) is 0 Å². The number of anilines is 6. The molecule has 0 amide bonds. The van der Waals surface area contributed by atoms with E-state index >= 15 is 26.3 Å². The molecule has 0 fully saturated rings. The predicted octanol–water partition coefficient (Wildman–Crippen LogP) is 12.7. The Labute approximate surface area is 479 Å². The van der Waals surface area contributed by atoms with Gasteiger partial charge in [-0.2, -0.15) is 0 Å². The van der Waals surface area contributed by atoms with Crippen molar-refractivity contribution in [3.05, 3.63) is 168 Å². The highest BCUT2D eigenvalue weighted by atomic mass is 32.2. The van der Waals surface area contributed by atoms with Crippen molar-refractivity contribution in [3.8, 4) is 46.0 Å². The van der Waals surface area contributed by atoms with Crippen molar-refractivity contribution < 1.29 is 45.3 Å². The number of rotatable bonds is 5. The number of benzene rings is 9. The van der Waals surface area contributed by atoms with Crippen LogP contribution in [0, 0.1) is 34.9 Å². The van der Waals surface area contributed by atoms with Crippen molar-refractivity contribution in [1.29, 1.82) is 0 Å². The molecule has 0 saturated carbocycles. The summed E-state index contributed by atoms with van der Waals surface area (Å²) < 4.78 is 129. The zero-order valence-electron chi connectivity index (χ0n) is 42.3. The summed E-state index contributed by atoms with van der Waals surface area (Å²) in [5.41, 5.74) is 5.65. The number of thiophene rings is 2. The molecule has 0 N–H and O–H groups in total. The van der Waals surface area contributed by atoms with Crippen LogP contribution >= 0.6 is 58.0 Å². The van der Waals surface area contributed by atoms with Crippen LogP contribution in [0.4, 0.5) is 60.5 Å². The van der Waals surface area contributed by atoms with Gasteiger partial charge in [0, 0.05) is 78.7 Å². The summed E-state index contributed by atoms with van der Waals surface area (Å²) in [7, 11) is 0. The first kappa shape index (κ1) is 48.3. The number of hydrogen-bond donors (Lipinski definition) is 0. The van der Waals surface area contributed by atoms with E-state index in [1.54, 1.807) is 39.8 Å². The summed E-state index contributed by atoms with van der Waals surface area (Å²) in [5, 5.41) is 1.22. The van der Waals surface area contributed by atoms with Gasteiger partial charge < -0.3 is 28.7 Å². The van der Waals surface area contributed by atoms with Crippen LogP contribution < -0.4 is 76.5 Å². The van der Waals surface area contributed by atoms with Crippen molar-refractivity contribution in [2.75, 3.05) is 28.6 Å². The fourth-order valence-electron chi connectivity index (χ4n) is 13.0. The Morgan fingerprint density at radius 3 is 1.30 bits per heavy atom. The molecule has 9 aromatic carbocycles. The van der Waals surface area contributed by atoms with E-state index in [9.17, 15) is 0 Å². The normalized spacial score (nSPS) is 14.2. The van der Waals surface area contributed by atoms with Gasteiger partial charge in [-0.25, -0.2) is 26.3 Å². The maximum atomic E-state index is 17.1. The Morgan fingerprint density at radius 1 is 0.383 bits per heavy atom. The van der Waals surface area contributed by atoms with Crippen molar-refractivity contribution in [3.63, 3.8) is 0 Å². The second kappa shape index (κ2) is 17.3. The summed E-state index contributed by atoms with van der Waals surface area (Å²) >= 11 is 7.37. The predicted molar refractivity (Wildman–Crippen MR) is 322 cm³/mol. The Hall–Kier alpha value is -7.48. The second-order valence-corrected chi connectivity index (χ2v) is 25.2. The number of thioether (sulfide) groups is 3. The summed E-state index contributed by atoms with van der Waals surface area (Å²) in [4.78, 5) is 5.52. The molecular formula is C61H31B3F6N2O4S5. The number of hydrogen-bond acceptors (Lipinski definition) is 11. The van der Waals surface area contributed by atoms with Gasteiger partial charge in [0.15, 0.2) is 0 Å². The molecule has 390 valence electrons. The molecule has 0 bridgehead atoms. The van der Waals surface area contributed by atoms with Crippen LogP contribution in [0.3, 0.4) is 0 Å². The Kier molecular flexibility index (Phi) is 10.3. The Bertz CT molecular complexity index is 4690. The van der Waals surface area contributed by atoms with Gasteiger partial charge in [-0.3, -0.25) is 0 Å². The van der Waals surface area contributed by atoms with Crippen LogP contribution in [0.5, 0.6) is 46.0 Å². The lowest BCUT2D eigenvalue weighted by atomic mass is 9.30. The van der Waals surface area contributed by atoms with Gasteiger partial charge in [-0.1, -0.05) is 24.3 Å². The topological polar surface area (TPSA) is 43.4 Å². The van der Waals surface area contributed by atoms with Gasteiger partial charge in [-0.05, 0) is 155 Å². The number of para-hydroxylation sites is 2. The maximum absolute atomic E-state index is 17.1. The SMILES string of the molecule is CSc1cc2c3c(c1)Oc1c(sc4ccc(F)cc14)B3c1cc3c(cc1O2)Oc1cc(SC)cc2c1B3c1cc3c(cc1N2c1c(F)cccc1F)N(c1c(F)cccc1F)c1cc(SC)cc2c1B3c1sc3ccc(F)cc3c1O2. The minimum atomic E-state index is -0.843. The standard InChI is InChI=1S/C61H31B3F6N2O4S5/c1-77-28-16-43-53-47(18-28)73-45-25-46-36(64-55-49(74-46)20-30(79-3)21-50(55)76-59-32-15-27(66)11-13-52(32)81-61(59)64)23-35(45)62(53)33-22-34-42(24-41(33)71(43)56-37(67)6-4-7-38(56)68)72(57-39(69)8-5-9-40(57)70)44-17-29(78-2)19-48-54(44)63(34)60-58(75-48)31-14-26(65)10-12-51(31)80-60/h4-25H,1-3H3. The number of nitrogens with zero attached hydrogens (tertiary/aromatic N) is 2. The second-order valence-electron chi connectivity index (χ2n) is 20.4. The van der Waals surface area contributed by atoms with Crippen LogP contribution in [-0.2, 0) is 0 Å². The first-order valence-electron chi connectivity index (χ1n) is 25.6. The van der Waals surface area contributed by atoms with Gasteiger partial charge in [0.1, 0.15) is 92.3 Å². The molecule has 8 heterocycles. The third kappa shape index (κ3) is 6.67. The smallest absolute Gasteiger partial charge is 0.273 e. The summed E-state index contributed by atoms with van der Waals surface area (Å²) in [6.45, 7) is -1.81. The Balaban J connectivity index is 0.988. The molecule has 0 saturated heterocycles. The minimum absolute atomic E-state index is 0.343. The number of fused-ring (bicyclic) bond motifs is 16. The van der Waals surface area contributed by atoms with Gasteiger partial charge in [0.25, 0.3) is 20.1 Å². The Morgan fingerprint density at radius 2 is 0.790 bits per heavy atom. The molecule has 0 radical (unpaired) electrons. The van der Waals surface area contributed by atoms with Crippen LogP contribution in [0.25, 0.3) is 20.2 Å². The molecule has 2 aromatic heterocycles. The van der Waals surface area contributed by atoms with E-state index < -0.39 is 49.2 Å². The van der Waals surface area contributed by atoms with E-state index in [2.05, 4.69) is 6.07 Å². The van der Waals surface area contributed by atoms with E-state index in [4.69, 9.17) is 18.9 Å². The minimum Gasteiger partial charge on any atom is -0.458 e. The molecule has 81 heavy (non-hydrogen) atoms. The lowest BCUT2D eigenvalue weighted by Crippen LogP contribution is -2.64. The first-order valence-corrected chi connectivity index (χ1v) is 30.9. The highest BCUT2D eigenvalue weighted by Gasteiger charge is 2.51. The molecule has 20 heteroatoms. The van der Waals surface area contributed by atoms with Gasteiger partial charge in [-0.15, -0.1) is 58.0 Å². The van der Waals surface area contributed by atoms with Crippen LogP contribution in [0.1, 0.15) is 0 Å². The molecule has 0 unspecified atom stereocenters. The van der Waals surface area contributed by atoms with Crippen LogP contribution in [0.2, 0.25) is 0 Å². The largest absolute Gasteiger partial charge is 0.458 e. The molecule has 6 aliphatic heterocycles. The van der Waals surface area contributed by atoms with E-state index in [0.717, 1.165) is 44.6 Å². The third-order valence-electron chi connectivity index (χ3n) is 16.3. The highest BCUT2D eigenvalue weighted by Crippen LogP contribution is 2.51.